The molecule has 0 aliphatic heterocycles. The Labute approximate surface area is 168 Å². The SMILES string of the molecule is CC[Si](C)(C)O[Si](C)(CC(C)C1CCCCC1)O[Si](C)(C)O[Si](C)(C)C. The molecule has 0 aromatic heterocycles. The second kappa shape index (κ2) is 9.50. The predicted molar refractivity (Wildman–Crippen MR) is 124 cm³/mol. The molecule has 156 valence electrons. The number of rotatable bonds is 10. The average molecular weight is 435 g/mol. The van der Waals surface area contributed by atoms with Crippen molar-refractivity contribution in [3.05, 3.63) is 0 Å². The summed E-state index contributed by atoms with van der Waals surface area (Å²) in [5.74, 6) is 1.56. The van der Waals surface area contributed by atoms with Crippen LogP contribution in [0, 0.1) is 11.8 Å². The first-order chi connectivity index (χ1) is 11.7. The zero-order valence-electron chi connectivity index (χ0n) is 19.3. The lowest BCUT2D eigenvalue weighted by Crippen LogP contribution is -2.58. The van der Waals surface area contributed by atoms with Gasteiger partial charge in [0.15, 0.2) is 16.6 Å². The van der Waals surface area contributed by atoms with Crippen molar-refractivity contribution in [3.63, 3.8) is 0 Å². The zero-order chi connectivity index (χ0) is 20.2. The Kier molecular flexibility index (Phi) is 9.05. The molecule has 3 nitrogen and oxygen atoms in total. The van der Waals surface area contributed by atoms with E-state index in [2.05, 4.69) is 66.2 Å². The molecule has 1 saturated carbocycles. The fraction of sp³-hybridized carbons (Fsp3) is 1.00. The summed E-state index contributed by atoms with van der Waals surface area (Å²) in [4.78, 5) is 0. The molecule has 1 aliphatic rings. The maximum atomic E-state index is 6.91. The van der Waals surface area contributed by atoms with Crippen LogP contribution in [0.15, 0.2) is 0 Å². The van der Waals surface area contributed by atoms with Gasteiger partial charge in [-0.25, -0.2) is 0 Å². The van der Waals surface area contributed by atoms with Gasteiger partial charge in [-0.15, -0.1) is 0 Å². The van der Waals surface area contributed by atoms with Gasteiger partial charge in [-0.3, -0.25) is 0 Å². The van der Waals surface area contributed by atoms with Crippen molar-refractivity contribution in [1.29, 1.82) is 0 Å². The first-order valence-electron chi connectivity index (χ1n) is 10.8. The van der Waals surface area contributed by atoms with Crippen LogP contribution in [0.3, 0.4) is 0 Å². The summed E-state index contributed by atoms with van der Waals surface area (Å²) in [5.41, 5.74) is 0. The molecule has 1 rings (SSSR count). The van der Waals surface area contributed by atoms with Crippen molar-refractivity contribution < 1.29 is 12.3 Å². The van der Waals surface area contributed by atoms with E-state index in [9.17, 15) is 0 Å². The van der Waals surface area contributed by atoms with Crippen LogP contribution in [0.1, 0.15) is 46.0 Å². The fourth-order valence-corrected chi connectivity index (χ4v) is 23.1. The van der Waals surface area contributed by atoms with E-state index in [4.69, 9.17) is 12.3 Å². The minimum absolute atomic E-state index is 0.699. The van der Waals surface area contributed by atoms with Crippen LogP contribution in [0.2, 0.25) is 64.5 Å². The molecule has 1 aliphatic carbocycles. The van der Waals surface area contributed by atoms with E-state index in [0.717, 1.165) is 18.0 Å². The molecule has 0 amide bonds. The average Bonchev–Trinajstić information content (AvgIpc) is 2.43. The highest BCUT2D eigenvalue weighted by atomic mass is 28.5. The summed E-state index contributed by atoms with van der Waals surface area (Å²) >= 11 is 0. The lowest BCUT2D eigenvalue weighted by molar-refractivity contribution is 0.254. The summed E-state index contributed by atoms with van der Waals surface area (Å²) in [5, 5.41) is 0. The molecule has 0 aromatic rings. The van der Waals surface area contributed by atoms with Crippen LogP contribution < -0.4 is 0 Å². The van der Waals surface area contributed by atoms with E-state index in [1.165, 1.54) is 32.1 Å². The van der Waals surface area contributed by atoms with Gasteiger partial charge in [0, 0.05) is 0 Å². The van der Waals surface area contributed by atoms with Crippen LogP contribution >= 0.6 is 0 Å². The van der Waals surface area contributed by atoms with E-state index < -0.39 is 33.8 Å². The minimum atomic E-state index is -2.27. The van der Waals surface area contributed by atoms with Crippen molar-refractivity contribution in [2.24, 2.45) is 11.8 Å². The van der Waals surface area contributed by atoms with Crippen molar-refractivity contribution in [2.45, 2.75) is 110 Å². The Hall–Kier alpha value is 0.748. The highest BCUT2D eigenvalue weighted by Gasteiger charge is 2.46. The van der Waals surface area contributed by atoms with Crippen molar-refractivity contribution in [3.8, 4) is 0 Å². The third-order valence-corrected chi connectivity index (χ3v) is 20.6. The van der Waals surface area contributed by atoms with E-state index in [0.29, 0.717) is 5.92 Å². The van der Waals surface area contributed by atoms with Gasteiger partial charge in [0.1, 0.15) is 0 Å². The molecule has 2 unspecified atom stereocenters. The molecule has 0 saturated heterocycles. The largest absolute Gasteiger partial charge is 0.437 e. The lowest BCUT2D eigenvalue weighted by Gasteiger charge is -2.43. The van der Waals surface area contributed by atoms with Gasteiger partial charge in [0.25, 0.3) is 0 Å². The standard InChI is InChI=1S/C19H46O3Si4/c1-11-24(6,7)21-26(10,22-25(8,9)20-23(3,4)5)17-18(2)19-15-13-12-14-16-19/h18-19H,11-17H2,1-10H3. The summed E-state index contributed by atoms with van der Waals surface area (Å²) in [7, 11) is -7.74. The Morgan fingerprint density at radius 1 is 0.808 bits per heavy atom. The fourth-order valence-electron chi connectivity index (χ4n) is 4.49. The molecular formula is C19H46O3Si4. The third-order valence-electron chi connectivity index (χ3n) is 5.50. The van der Waals surface area contributed by atoms with E-state index >= 15 is 0 Å². The van der Waals surface area contributed by atoms with Crippen LogP contribution in [-0.4, -0.2) is 33.8 Å². The molecule has 0 bridgehead atoms. The van der Waals surface area contributed by atoms with Crippen LogP contribution in [0.25, 0.3) is 0 Å². The Morgan fingerprint density at radius 2 is 1.35 bits per heavy atom. The van der Waals surface area contributed by atoms with E-state index in [1.54, 1.807) is 0 Å². The second-order valence-corrected chi connectivity index (χ2v) is 27.0. The van der Waals surface area contributed by atoms with E-state index in [-0.39, 0.29) is 0 Å². The Bertz CT molecular complexity index is 431. The van der Waals surface area contributed by atoms with Gasteiger partial charge in [-0.05, 0) is 76.3 Å². The normalized spacial score (nSPS) is 21.5. The van der Waals surface area contributed by atoms with Crippen LogP contribution in [0.5, 0.6) is 0 Å². The van der Waals surface area contributed by atoms with Crippen molar-refractivity contribution in [1.82, 2.24) is 0 Å². The molecule has 7 heteroatoms. The molecule has 0 N–H and O–H groups in total. The van der Waals surface area contributed by atoms with Crippen LogP contribution in [-0.2, 0) is 12.3 Å². The zero-order valence-corrected chi connectivity index (χ0v) is 23.3. The highest BCUT2D eigenvalue weighted by molar-refractivity contribution is 6.89. The minimum Gasteiger partial charge on any atom is -0.437 e. The van der Waals surface area contributed by atoms with Gasteiger partial charge in [-0.1, -0.05) is 46.0 Å². The highest BCUT2D eigenvalue weighted by Crippen LogP contribution is 2.37. The predicted octanol–water partition coefficient (Wildman–Crippen LogP) is 7.09. The van der Waals surface area contributed by atoms with Gasteiger partial charge < -0.3 is 12.3 Å². The summed E-state index contributed by atoms with van der Waals surface area (Å²) in [6.07, 6.45) is 7.02. The first kappa shape index (κ1) is 24.8. The third kappa shape index (κ3) is 9.30. The molecule has 26 heavy (non-hydrogen) atoms. The molecular weight excluding hydrogens is 389 g/mol. The monoisotopic (exact) mass is 434 g/mol. The molecule has 2 atom stereocenters. The smallest absolute Gasteiger partial charge is 0.316 e. The maximum absolute atomic E-state index is 6.91. The maximum Gasteiger partial charge on any atom is 0.316 e. The Morgan fingerprint density at radius 3 is 1.81 bits per heavy atom. The molecule has 1 fully saturated rings. The second-order valence-electron chi connectivity index (χ2n) is 10.6. The lowest BCUT2D eigenvalue weighted by atomic mass is 9.82. The van der Waals surface area contributed by atoms with Gasteiger partial charge in [0.2, 0.25) is 0 Å². The van der Waals surface area contributed by atoms with Gasteiger partial charge >= 0.3 is 17.1 Å². The Balaban J connectivity index is 2.94. The molecule has 0 heterocycles. The topological polar surface area (TPSA) is 27.7 Å². The summed E-state index contributed by atoms with van der Waals surface area (Å²) in [6.45, 7) is 23.0. The van der Waals surface area contributed by atoms with Gasteiger partial charge in [0.05, 0.1) is 0 Å². The summed E-state index contributed by atoms with van der Waals surface area (Å²) < 4.78 is 20.3. The quantitative estimate of drug-likeness (QED) is 0.343. The van der Waals surface area contributed by atoms with Crippen molar-refractivity contribution in [2.75, 3.05) is 0 Å². The summed E-state index contributed by atoms with van der Waals surface area (Å²) in [6, 6.07) is 2.27. The van der Waals surface area contributed by atoms with Crippen molar-refractivity contribution >= 4 is 33.8 Å². The number of hydrogen-bond acceptors (Lipinski definition) is 3. The number of hydrogen-bond donors (Lipinski definition) is 0. The molecule has 0 spiro atoms. The van der Waals surface area contributed by atoms with Crippen LogP contribution in [0.4, 0.5) is 0 Å². The molecule has 0 radical (unpaired) electrons. The van der Waals surface area contributed by atoms with E-state index in [1.807, 2.05) is 0 Å². The first-order valence-corrected chi connectivity index (χ1v) is 22.6. The molecule has 0 aromatic carbocycles. The van der Waals surface area contributed by atoms with Gasteiger partial charge in [-0.2, -0.15) is 0 Å².